The maximum atomic E-state index is 13.7. The molecule has 0 aromatic heterocycles. The van der Waals surface area contributed by atoms with Crippen LogP contribution in [0.5, 0.6) is 23.0 Å². The largest absolute Gasteiger partial charge is 0.507 e. The molecule has 6 rings (SSSR count). The average Bonchev–Trinajstić information content (AvgIpc) is 3.00. The highest BCUT2D eigenvalue weighted by Crippen LogP contribution is 2.56. The molecular formula is C34H32O14. The van der Waals surface area contributed by atoms with Crippen LogP contribution in [-0.2, 0) is 38.2 Å². The van der Waals surface area contributed by atoms with Gasteiger partial charge in [-0.2, -0.15) is 0 Å². The van der Waals surface area contributed by atoms with E-state index < -0.39 is 93.5 Å². The van der Waals surface area contributed by atoms with E-state index in [1.807, 2.05) is 0 Å². The molecule has 48 heavy (non-hydrogen) atoms. The van der Waals surface area contributed by atoms with Crippen molar-refractivity contribution < 1.29 is 68.1 Å². The number of phenolic OH excluding ortho intramolecular Hbond substituents is 2. The maximum absolute atomic E-state index is 13.7. The molecule has 0 bridgehead atoms. The smallest absolute Gasteiger partial charge is 0.359 e. The third kappa shape index (κ3) is 4.57. The van der Waals surface area contributed by atoms with E-state index in [0.717, 1.165) is 20.1 Å². The zero-order valence-corrected chi connectivity index (χ0v) is 26.5. The molecule has 2 aromatic rings. The molecule has 14 heteroatoms. The first-order chi connectivity index (χ1) is 22.6. The van der Waals surface area contributed by atoms with Crippen LogP contribution in [0.3, 0.4) is 0 Å². The Bertz CT molecular complexity index is 1900. The Morgan fingerprint density at radius 3 is 2.27 bits per heavy atom. The molecule has 2 aliphatic heterocycles. The third-order valence-corrected chi connectivity index (χ3v) is 9.10. The molecule has 2 heterocycles. The van der Waals surface area contributed by atoms with Crippen LogP contribution < -0.4 is 9.47 Å². The van der Waals surface area contributed by atoms with Crippen molar-refractivity contribution in [1.82, 2.24) is 0 Å². The lowest BCUT2D eigenvalue weighted by Crippen LogP contribution is -2.65. The summed E-state index contributed by atoms with van der Waals surface area (Å²) in [6, 6.07) is 3.92. The number of aryl methyl sites for hydroxylation is 1. The van der Waals surface area contributed by atoms with Gasteiger partial charge in [0.1, 0.15) is 51.7 Å². The van der Waals surface area contributed by atoms with Crippen LogP contribution in [0.1, 0.15) is 56.7 Å². The fraction of sp³-hybridized carbons (Fsp3) is 0.382. The summed E-state index contributed by atoms with van der Waals surface area (Å²) in [6.45, 7) is 5.42. The van der Waals surface area contributed by atoms with Crippen LogP contribution >= 0.6 is 0 Å². The SMILES string of the molecule is COC(=O)[C@@]12Oc3c(-c4c(C)cc5c(c4O)C(O)=C4C(=O)CC[C@H](OC(C)=O)C4O5)ccc(O)c3C(O)=C1C(=O)C[C@H](C)[C@@H]2OC(C)=O. The molecular weight excluding hydrogens is 632 g/mol. The minimum absolute atomic E-state index is 0.0295. The number of rotatable bonds is 4. The summed E-state index contributed by atoms with van der Waals surface area (Å²) in [6.07, 6.45) is -3.64. The van der Waals surface area contributed by atoms with Gasteiger partial charge in [-0.15, -0.1) is 0 Å². The number of aromatic hydroxyl groups is 2. The molecule has 4 aliphatic rings. The zero-order chi connectivity index (χ0) is 35.0. The van der Waals surface area contributed by atoms with Gasteiger partial charge in [-0.25, -0.2) is 4.79 Å². The monoisotopic (exact) mass is 664 g/mol. The van der Waals surface area contributed by atoms with Gasteiger partial charge in [0.25, 0.3) is 5.60 Å². The molecule has 0 saturated heterocycles. The number of phenols is 2. The second-order valence-corrected chi connectivity index (χ2v) is 12.2. The van der Waals surface area contributed by atoms with Crippen molar-refractivity contribution in [1.29, 1.82) is 0 Å². The van der Waals surface area contributed by atoms with Crippen LogP contribution in [0.4, 0.5) is 0 Å². The number of ether oxygens (including phenoxy) is 5. The molecule has 2 saturated carbocycles. The Morgan fingerprint density at radius 1 is 0.938 bits per heavy atom. The van der Waals surface area contributed by atoms with Crippen LogP contribution in [0.15, 0.2) is 29.3 Å². The van der Waals surface area contributed by atoms with E-state index in [1.54, 1.807) is 13.8 Å². The van der Waals surface area contributed by atoms with Crippen molar-refractivity contribution >= 4 is 41.0 Å². The van der Waals surface area contributed by atoms with Gasteiger partial charge in [0.05, 0.1) is 18.3 Å². The summed E-state index contributed by atoms with van der Waals surface area (Å²) in [4.78, 5) is 64.1. The molecule has 2 aliphatic carbocycles. The number of aliphatic hydroxyl groups is 2. The lowest BCUT2D eigenvalue weighted by Gasteiger charge is -2.46. The third-order valence-electron chi connectivity index (χ3n) is 9.10. The Balaban J connectivity index is 1.60. The lowest BCUT2D eigenvalue weighted by molar-refractivity contribution is -0.185. The van der Waals surface area contributed by atoms with Gasteiger partial charge in [-0.3, -0.25) is 19.2 Å². The van der Waals surface area contributed by atoms with E-state index in [0.29, 0.717) is 5.56 Å². The van der Waals surface area contributed by atoms with E-state index in [9.17, 15) is 44.4 Å². The number of aliphatic hydroxyl groups excluding tert-OH is 2. The second-order valence-electron chi connectivity index (χ2n) is 12.2. The minimum Gasteiger partial charge on any atom is -0.507 e. The number of Topliss-reactive ketones (excluding diaryl/α,β-unsaturated/α-hetero) is 2. The average molecular weight is 665 g/mol. The predicted octanol–water partition coefficient (Wildman–Crippen LogP) is 3.51. The Kier molecular flexibility index (Phi) is 7.64. The van der Waals surface area contributed by atoms with E-state index in [4.69, 9.17) is 23.7 Å². The minimum atomic E-state index is -2.52. The summed E-state index contributed by atoms with van der Waals surface area (Å²) in [7, 11) is 1.02. The summed E-state index contributed by atoms with van der Waals surface area (Å²) in [5, 5.41) is 45.8. The van der Waals surface area contributed by atoms with Crippen LogP contribution in [-0.4, -0.2) is 80.9 Å². The van der Waals surface area contributed by atoms with E-state index >= 15 is 0 Å². The highest BCUT2D eigenvalue weighted by molar-refractivity contribution is 6.13. The van der Waals surface area contributed by atoms with Gasteiger partial charge in [-0.05, 0) is 37.1 Å². The molecule has 14 nitrogen and oxygen atoms in total. The number of ketones is 2. The van der Waals surface area contributed by atoms with Crippen molar-refractivity contribution in [2.75, 3.05) is 7.11 Å². The molecule has 5 atom stereocenters. The molecule has 252 valence electrons. The molecule has 2 fully saturated rings. The van der Waals surface area contributed by atoms with E-state index in [2.05, 4.69) is 0 Å². The number of carbonyl (C=O) groups is 5. The number of benzene rings is 2. The molecule has 4 N–H and O–H groups in total. The number of hydrogen-bond donors (Lipinski definition) is 4. The topological polar surface area (TPSA) is 212 Å². The first-order valence-electron chi connectivity index (χ1n) is 15.1. The van der Waals surface area contributed by atoms with E-state index in [-0.39, 0.29) is 53.0 Å². The Morgan fingerprint density at radius 2 is 1.62 bits per heavy atom. The second kappa shape index (κ2) is 11.3. The van der Waals surface area contributed by atoms with Crippen molar-refractivity contribution in [2.45, 2.75) is 70.9 Å². The van der Waals surface area contributed by atoms with Crippen molar-refractivity contribution in [3.05, 3.63) is 46.0 Å². The first kappa shape index (κ1) is 32.4. The van der Waals surface area contributed by atoms with Gasteiger partial charge in [0, 0.05) is 43.7 Å². The zero-order valence-electron chi connectivity index (χ0n) is 26.5. The Hall–Kier alpha value is -5.53. The quantitative estimate of drug-likeness (QED) is 0.272. The van der Waals surface area contributed by atoms with Crippen molar-refractivity contribution in [3.63, 3.8) is 0 Å². The summed E-state index contributed by atoms with van der Waals surface area (Å²) < 4.78 is 28.3. The molecule has 1 unspecified atom stereocenters. The predicted molar refractivity (Wildman–Crippen MR) is 163 cm³/mol. The molecule has 0 spiro atoms. The normalized spacial score (nSPS) is 25.9. The number of fused-ring (bicyclic) bond motifs is 4. The molecule has 0 amide bonds. The van der Waals surface area contributed by atoms with Gasteiger partial charge in [-0.1, -0.05) is 6.92 Å². The van der Waals surface area contributed by atoms with Gasteiger partial charge < -0.3 is 44.1 Å². The highest BCUT2D eigenvalue weighted by atomic mass is 16.6. The number of esters is 3. The standard InChI is InChI=1S/C34H32O14/c1-12-11-21-25(28(41)23-18(38)8-9-20(31(23)47-21)45-14(3)35)27(40)22(12)16-6-7-17(37)24-29(42)26-19(39)10-13(2)32(46-15(4)36)34(26,33(43)44-5)48-30(16)24/h6-7,11,13,20,31-32,37,40-42H,8-10H2,1-5H3/t13-,20-,31?,32-,34+/m0/s1. The fourth-order valence-electron chi connectivity index (χ4n) is 7.19. The maximum Gasteiger partial charge on any atom is 0.359 e. The van der Waals surface area contributed by atoms with E-state index in [1.165, 1.54) is 19.1 Å². The number of hydrogen-bond acceptors (Lipinski definition) is 14. The summed E-state index contributed by atoms with van der Waals surface area (Å²) >= 11 is 0. The number of methoxy groups -OCH3 is 1. The van der Waals surface area contributed by atoms with Crippen LogP contribution in [0.25, 0.3) is 22.6 Å². The van der Waals surface area contributed by atoms with Crippen molar-refractivity contribution in [2.24, 2.45) is 5.92 Å². The lowest BCUT2D eigenvalue weighted by atomic mass is 9.69. The summed E-state index contributed by atoms with van der Waals surface area (Å²) in [5.41, 5.74) is -3.71. The highest BCUT2D eigenvalue weighted by Gasteiger charge is 2.65. The van der Waals surface area contributed by atoms with Crippen LogP contribution in [0, 0.1) is 12.8 Å². The molecule has 0 radical (unpaired) electrons. The number of carbonyl (C=O) groups excluding carboxylic acids is 5. The van der Waals surface area contributed by atoms with Gasteiger partial charge >= 0.3 is 17.9 Å². The van der Waals surface area contributed by atoms with Crippen LogP contribution in [0.2, 0.25) is 0 Å². The molecule has 2 aromatic carbocycles. The summed E-state index contributed by atoms with van der Waals surface area (Å²) in [5.74, 6) is -7.59. The first-order valence-corrected chi connectivity index (χ1v) is 15.1. The van der Waals surface area contributed by atoms with Gasteiger partial charge in [0.2, 0.25) is 0 Å². The Labute approximate surface area is 273 Å². The fourth-order valence-corrected chi connectivity index (χ4v) is 7.19. The van der Waals surface area contributed by atoms with Crippen molar-refractivity contribution in [3.8, 4) is 34.1 Å². The van der Waals surface area contributed by atoms with Gasteiger partial charge in [0.15, 0.2) is 23.8 Å².